The summed E-state index contributed by atoms with van der Waals surface area (Å²) in [6, 6.07) is 5.85. The fourth-order valence-corrected chi connectivity index (χ4v) is 4.85. The van der Waals surface area contributed by atoms with Gasteiger partial charge in [-0.2, -0.15) is 0 Å². The van der Waals surface area contributed by atoms with Crippen molar-refractivity contribution >= 4 is 39.9 Å². The second-order valence-electron chi connectivity index (χ2n) is 7.32. The first-order valence-electron chi connectivity index (χ1n) is 10.4. The fourth-order valence-electron chi connectivity index (χ4n) is 3.57. The van der Waals surface area contributed by atoms with Crippen molar-refractivity contribution in [1.82, 2.24) is 0 Å². The molecule has 0 spiro atoms. The zero-order valence-electron chi connectivity index (χ0n) is 17.8. The number of aryl methyl sites for hydroxylation is 1. The van der Waals surface area contributed by atoms with Crippen LogP contribution in [-0.4, -0.2) is 35.5 Å². The Hall–Kier alpha value is -3.27. The van der Waals surface area contributed by atoms with Crippen molar-refractivity contribution < 1.29 is 28.8 Å². The number of amides is 1. The molecule has 0 aliphatic heterocycles. The number of hydrogen-bond donors (Lipinski definition) is 1. The van der Waals surface area contributed by atoms with Crippen LogP contribution < -0.4 is 5.32 Å². The van der Waals surface area contributed by atoms with Gasteiger partial charge in [0.25, 0.3) is 11.6 Å². The van der Waals surface area contributed by atoms with Gasteiger partial charge < -0.3 is 14.8 Å². The Balaban J connectivity index is 1.70. The van der Waals surface area contributed by atoms with Crippen molar-refractivity contribution in [3.05, 3.63) is 55.9 Å². The van der Waals surface area contributed by atoms with E-state index in [9.17, 15) is 24.5 Å². The van der Waals surface area contributed by atoms with E-state index in [1.807, 2.05) is 0 Å². The van der Waals surface area contributed by atoms with Crippen molar-refractivity contribution in [2.45, 2.75) is 52.1 Å². The number of para-hydroxylation sites is 1. The maximum absolute atomic E-state index is 12.7. The van der Waals surface area contributed by atoms with Gasteiger partial charge in [-0.15, -0.1) is 11.3 Å². The lowest BCUT2D eigenvalue weighted by atomic mass is 9.95. The molecule has 32 heavy (non-hydrogen) atoms. The molecule has 170 valence electrons. The molecule has 3 rings (SSSR count). The first kappa shape index (κ1) is 23.4. The number of fused-ring (bicyclic) bond motifs is 1. The van der Waals surface area contributed by atoms with Crippen molar-refractivity contribution in [3.8, 4) is 0 Å². The number of thiophene rings is 1. The highest BCUT2D eigenvalue weighted by Gasteiger charge is 2.29. The van der Waals surface area contributed by atoms with E-state index in [0.717, 1.165) is 36.1 Å². The number of nitro benzene ring substituents is 1. The molecule has 0 saturated carbocycles. The summed E-state index contributed by atoms with van der Waals surface area (Å²) in [5, 5.41) is 14.2. The molecule has 1 aliphatic carbocycles. The highest BCUT2D eigenvalue weighted by atomic mass is 32.1. The van der Waals surface area contributed by atoms with Crippen LogP contribution in [0, 0.1) is 10.1 Å². The van der Waals surface area contributed by atoms with Crippen molar-refractivity contribution in [3.63, 3.8) is 0 Å². The zero-order valence-corrected chi connectivity index (χ0v) is 18.7. The van der Waals surface area contributed by atoms with Gasteiger partial charge in [0.2, 0.25) is 0 Å². The number of benzene rings is 1. The number of ether oxygens (including phenoxy) is 2. The molecule has 0 radical (unpaired) electrons. The van der Waals surface area contributed by atoms with Crippen LogP contribution in [0.4, 0.5) is 10.7 Å². The molecule has 0 fully saturated rings. The standard InChI is InChI=1S/C22H24N2O7S/c1-3-30-22(27)19-15-9-5-7-11-17(15)32-21(19)23-20(26)13(2)31-18(25)12-14-8-4-6-10-16(14)24(28)29/h4,6,8,10,13H,3,5,7,9,11-12H2,1-2H3,(H,23,26). The molecule has 1 aromatic carbocycles. The van der Waals surface area contributed by atoms with Crippen LogP contribution >= 0.6 is 11.3 Å². The van der Waals surface area contributed by atoms with Gasteiger partial charge in [-0.3, -0.25) is 19.7 Å². The lowest BCUT2D eigenvalue weighted by Crippen LogP contribution is -2.30. The number of hydrogen-bond acceptors (Lipinski definition) is 8. The van der Waals surface area contributed by atoms with Gasteiger partial charge >= 0.3 is 11.9 Å². The molecular weight excluding hydrogens is 436 g/mol. The maximum Gasteiger partial charge on any atom is 0.341 e. The van der Waals surface area contributed by atoms with Gasteiger partial charge in [0, 0.05) is 16.5 Å². The first-order chi connectivity index (χ1) is 15.3. The van der Waals surface area contributed by atoms with Crippen LogP contribution in [0.2, 0.25) is 0 Å². The van der Waals surface area contributed by atoms with E-state index in [4.69, 9.17) is 9.47 Å². The minimum Gasteiger partial charge on any atom is -0.462 e. The quantitative estimate of drug-likeness (QED) is 0.361. The molecule has 1 amide bonds. The SMILES string of the molecule is CCOC(=O)c1c(NC(=O)C(C)OC(=O)Cc2ccccc2[N+](=O)[O-])sc2c1CCCC2. The summed E-state index contributed by atoms with van der Waals surface area (Å²) in [4.78, 5) is 49.1. The minimum atomic E-state index is -1.15. The van der Waals surface area contributed by atoms with Crippen molar-refractivity contribution in [2.24, 2.45) is 0 Å². The summed E-state index contributed by atoms with van der Waals surface area (Å²) >= 11 is 1.34. The number of carbonyl (C=O) groups is 3. The largest absolute Gasteiger partial charge is 0.462 e. The Morgan fingerprint density at radius 1 is 1.22 bits per heavy atom. The second kappa shape index (κ2) is 10.4. The van der Waals surface area contributed by atoms with E-state index < -0.39 is 28.9 Å². The normalized spacial score (nSPS) is 13.6. The number of rotatable bonds is 8. The molecule has 0 bridgehead atoms. The highest BCUT2D eigenvalue weighted by Crippen LogP contribution is 2.38. The van der Waals surface area contributed by atoms with E-state index in [1.54, 1.807) is 13.0 Å². The molecule has 0 saturated heterocycles. The van der Waals surface area contributed by atoms with Crippen LogP contribution in [-0.2, 0) is 38.3 Å². The molecule has 2 aromatic rings. The van der Waals surface area contributed by atoms with Crippen LogP contribution in [0.5, 0.6) is 0 Å². The Kier molecular flexibility index (Phi) is 7.57. The van der Waals surface area contributed by atoms with Crippen LogP contribution in [0.3, 0.4) is 0 Å². The van der Waals surface area contributed by atoms with E-state index in [0.29, 0.717) is 10.6 Å². The van der Waals surface area contributed by atoms with Gasteiger partial charge in [0.05, 0.1) is 23.5 Å². The third kappa shape index (κ3) is 5.31. The van der Waals surface area contributed by atoms with Crippen LogP contribution in [0.1, 0.15) is 53.1 Å². The third-order valence-electron chi connectivity index (χ3n) is 5.09. The molecular formula is C22H24N2O7S. The van der Waals surface area contributed by atoms with Gasteiger partial charge in [-0.25, -0.2) is 4.79 Å². The number of anilines is 1. The molecule has 1 aromatic heterocycles. The number of nitrogens with one attached hydrogen (secondary N) is 1. The Bertz CT molecular complexity index is 1050. The van der Waals surface area contributed by atoms with Crippen molar-refractivity contribution in [2.75, 3.05) is 11.9 Å². The highest BCUT2D eigenvalue weighted by molar-refractivity contribution is 7.17. The smallest absolute Gasteiger partial charge is 0.341 e. The first-order valence-corrected chi connectivity index (χ1v) is 11.2. The summed E-state index contributed by atoms with van der Waals surface area (Å²) in [5.74, 6) is -1.84. The van der Waals surface area contributed by atoms with E-state index >= 15 is 0 Å². The molecule has 10 heteroatoms. The van der Waals surface area contributed by atoms with E-state index in [2.05, 4.69) is 5.32 Å². The number of nitro groups is 1. The number of nitrogens with zero attached hydrogens (tertiary/aromatic N) is 1. The molecule has 1 N–H and O–H groups in total. The summed E-state index contributed by atoms with van der Waals surface area (Å²) in [5.41, 5.74) is 1.30. The van der Waals surface area contributed by atoms with Gasteiger partial charge in [-0.1, -0.05) is 18.2 Å². The zero-order chi connectivity index (χ0) is 23.3. The molecule has 1 atom stereocenters. The Labute approximate surface area is 188 Å². The summed E-state index contributed by atoms with van der Waals surface area (Å²) in [6.45, 7) is 3.34. The topological polar surface area (TPSA) is 125 Å². The predicted molar refractivity (Wildman–Crippen MR) is 118 cm³/mol. The minimum absolute atomic E-state index is 0.190. The lowest BCUT2D eigenvalue weighted by molar-refractivity contribution is -0.385. The van der Waals surface area contributed by atoms with Crippen LogP contribution in [0.25, 0.3) is 0 Å². The number of carbonyl (C=O) groups excluding carboxylic acids is 3. The maximum atomic E-state index is 12.7. The third-order valence-corrected chi connectivity index (χ3v) is 6.30. The number of esters is 2. The lowest BCUT2D eigenvalue weighted by Gasteiger charge is -2.14. The second-order valence-corrected chi connectivity index (χ2v) is 8.42. The van der Waals surface area contributed by atoms with E-state index in [-0.39, 0.29) is 24.3 Å². The Morgan fingerprint density at radius 3 is 2.66 bits per heavy atom. The molecule has 9 nitrogen and oxygen atoms in total. The molecule has 1 heterocycles. The van der Waals surface area contributed by atoms with Gasteiger partial charge in [-0.05, 0) is 45.1 Å². The summed E-state index contributed by atoms with van der Waals surface area (Å²) in [7, 11) is 0. The van der Waals surface area contributed by atoms with Gasteiger partial charge in [0.15, 0.2) is 6.10 Å². The molecule has 1 unspecified atom stereocenters. The van der Waals surface area contributed by atoms with Gasteiger partial charge in [0.1, 0.15) is 5.00 Å². The van der Waals surface area contributed by atoms with Crippen LogP contribution in [0.15, 0.2) is 24.3 Å². The monoisotopic (exact) mass is 460 g/mol. The van der Waals surface area contributed by atoms with Crippen molar-refractivity contribution in [1.29, 1.82) is 0 Å². The Morgan fingerprint density at radius 2 is 1.94 bits per heavy atom. The molecule has 1 aliphatic rings. The average Bonchev–Trinajstić information content (AvgIpc) is 3.11. The summed E-state index contributed by atoms with van der Waals surface area (Å²) < 4.78 is 10.4. The fraction of sp³-hybridized carbons (Fsp3) is 0.409. The summed E-state index contributed by atoms with van der Waals surface area (Å²) in [6.07, 6.45) is 2.07. The van der Waals surface area contributed by atoms with E-state index in [1.165, 1.54) is 36.5 Å². The average molecular weight is 461 g/mol. The predicted octanol–water partition coefficient (Wildman–Crippen LogP) is 3.82.